The number of amides is 1. The van der Waals surface area contributed by atoms with Crippen LogP contribution in [0.15, 0.2) is 24.3 Å². The van der Waals surface area contributed by atoms with Crippen LogP contribution in [0, 0.1) is 5.41 Å². The highest BCUT2D eigenvalue weighted by Gasteiger charge is 2.41. The molecule has 1 aromatic carbocycles. The summed E-state index contributed by atoms with van der Waals surface area (Å²) in [7, 11) is 0. The van der Waals surface area contributed by atoms with Crippen LogP contribution in [-0.2, 0) is 16.0 Å². The van der Waals surface area contributed by atoms with Crippen molar-refractivity contribution in [3.63, 3.8) is 0 Å². The monoisotopic (exact) mass is 295 g/mol. The van der Waals surface area contributed by atoms with Gasteiger partial charge in [-0.05, 0) is 37.5 Å². The number of rotatable bonds is 4. The normalized spacial score (nSPS) is 22.0. The molecule has 1 aromatic rings. The van der Waals surface area contributed by atoms with Gasteiger partial charge in [0.2, 0.25) is 5.91 Å². The number of hydrogen-bond acceptors (Lipinski definition) is 2. The molecule has 0 radical (unpaired) electrons. The summed E-state index contributed by atoms with van der Waals surface area (Å²) in [5, 5.41) is 9.83. The third kappa shape index (κ3) is 3.31. The number of hydrogen-bond donors (Lipinski definition) is 1. The van der Waals surface area contributed by atoms with E-state index in [2.05, 4.69) is 0 Å². The van der Waals surface area contributed by atoms with Gasteiger partial charge >= 0.3 is 5.97 Å². The molecule has 0 spiro atoms. The van der Waals surface area contributed by atoms with Crippen LogP contribution in [0.1, 0.15) is 25.3 Å². The van der Waals surface area contributed by atoms with Crippen molar-refractivity contribution in [2.24, 2.45) is 5.41 Å². The maximum atomic E-state index is 12.1. The average molecular weight is 296 g/mol. The molecule has 1 amide bonds. The zero-order valence-corrected chi connectivity index (χ0v) is 12.2. The van der Waals surface area contributed by atoms with E-state index >= 15 is 0 Å². The molecular formula is C15H18ClNO3. The highest BCUT2D eigenvalue weighted by atomic mass is 35.5. The van der Waals surface area contributed by atoms with Gasteiger partial charge in [0.05, 0.1) is 5.41 Å². The second-order valence-corrected chi connectivity index (χ2v) is 5.99. The quantitative estimate of drug-likeness (QED) is 0.929. The Kier molecular flexibility index (Phi) is 4.33. The molecule has 108 valence electrons. The third-order valence-electron chi connectivity index (χ3n) is 3.88. The number of benzene rings is 1. The van der Waals surface area contributed by atoms with Crippen molar-refractivity contribution in [2.75, 3.05) is 13.1 Å². The van der Waals surface area contributed by atoms with E-state index < -0.39 is 11.4 Å². The minimum Gasteiger partial charge on any atom is -0.481 e. The maximum Gasteiger partial charge on any atom is 0.311 e. The summed E-state index contributed by atoms with van der Waals surface area (Å²) in [6, 6.07) is 7.42. The van der Waals surface area contributed by atoms with E-state index in [0.717, 1.165) is 5.56 Å². The fraction of sp³-hybridized carbons (Fsp3) is 0.467. The van der Waals surface area contributed by atoms with E-state index in [-0.39, 0.29) is 5.91 Å². The molecule has 20 heavy (non-hydrogen) atoms. The Bertz CT molecular complexity index is 514. The van der Waals surface area contributed by atoms with Gasteiger partial charge in [-0.3, -0.25) is 9.59 Å². The molecule has 1 saturated heterocycles. The molecule has 1 aliphatic rings. The Balaban J connectivity index is 1.87. The number of aryl methyl sites for hydroxylation is 1. The molecule has 0 aromatic heterocycles. The van der Waals surface area contributed by atoms with Gasteiger partial charge in [-0.2, -0.15) is 0 Å². The zero-order chi connectivity index (χ0) is 14.8. The van der Waals surface area contributed by atoms with Crippen LogP contribution < -0.4 is 0 Å². The lowest BCUT2D eigenvalue weighted by Gasteiger charge is -2.20. The van der Waals surface area contributed by atoms with Crippen molar-refractivity contribution in [1.29, 1.82) is 0 Å². The molecule has 5 heteroatoms. The van der Waals surface area contributed by atoms with Crippen LogP contribution in [0.4, 0.5) is 0 Å². The Labute approximate surface area is 123 Å². The van der Waals surface area contributed by atoms with Gasteiger partial charge in [0.25, 0.3) is 0 Å². The summed E-state index contributed by atoms with van der Waals surface area (Å²) < 4.78 is 0. The second kappa shape index (κ2) is 5.83. The van der Waals surface area contributed by atoms with Crippen LogP contribution in [0.2, 0.25) is 5.02 Å². The van der Waals surface area contributed by atoms with Gasteiger partial charge in [0.1, 0.15) is 0 Å². The van der Waals surface area contributed by atoms with E-state index in [4.69, 9.17) is 16.7 Å². The fourth-order valence-electron chi connectivity index (χ4n) is 2.41. The number of nitrogens with zero attached hydrogens (tertiary/aromatic N) is 1. The van der Waals surface area contributed by atoms with Crippen molar-refractivity contribution < 1.29 is 14.7 Å². The summed E-state index contributed by atoms with van der Waals surface area (Å²) in [6.07, 6.45) is 1.57. The molecule has 0 aliphatic carbocycles. The first-order valence-corrected chi connectivity index (χ1v) is 7.04. The average Bonchev–Trinajstić information content (AvgIpc) is 2.82. The summed E-state index contributed by atoms with van der Waals surface area (Å²) >= 11 is 5.81. The Morgan fingerprint density at radius 3 is 2.55 bits per heavy atom. The first-order chi connectivity index (χ1) is 9.40. The minimum absolute atomic E-state index is 0.0184. The maximum absolute atomic E-state index is 12.1. The number of carbonyl (C=O) groups excluding carboxylic acids is 1. The van der Waals surface area contributed by atoms with Gasteiger partial charge in [0, 0.05) is 24.5 Å². The van der Waals surface area contributed by atoms with Crippen LogP contribution in [0.5, 0.6) is 0 Å². The lowest BCUT2D eigenvalue weighted by Crippen LogP contribution is -2.34. The summed E-state index contributed by atoms with van der Waals surface area (Å²) in [5.74, 6) is -0.810. The van der Waals surface area contributed by atoms with Gasteiger partial charge in [-0.15, -0.1) is 0 Å². The van der Waals surface area contributed by atoms with Crippen molar-refractivity contribution in [3.8, 4) is 0 Å². The Morgan fingerprint density at radius 1 is 1.35 bits per heavy atom. The van der Waals surface area contributed by atoms with Crippen molar-refractivity contribution >= 4 is 23.5 Å². The van der Waals surface area contributed by atoms with Gasteiger partial charge in [0.15, 0.2) is 0 Å². The summed E-state index contributed by atoms with van der Waals surface area (Å²) in [4.78, 5) is 24.9. The van der Waals surface area contributed by atoms with E-state index in [1.807, 2.05) is 12.1 Å². The topological polar surface area (TPSA) is 57.6 Å². The van der Waals surface area contributed by atoms with Crippen LogP contribution in [-0.4, -0.2) is 35.0 Å². The highest BCUT2D eigenvalue weighted by molar-refractivity contribution is 6.30. The Morgan fingerprint density at radius 2 is 2.00 bits per heavy atom. The molecule has 2 rings (SSSR count). The smallest absolute Gasteiger partial charge is 0.311 e. The van der Waals surface area contributed by atoms with Crippen LogP contribution in [0.3, 0.4) is 0 Å². The number of carbonyl (C=O) groups is 2. The van der Waals surface area contributed by atoms with Crippen molar-refractivity contribution in [2.45, 2.75) is 26.2 Å². The molecule has 0 unspecified atom stereocenters. The van der Waals surface area contributed by atoms with E-state index in [1.165, 1.54) is 0 Å². The van der Waals surface area contributed by atoms with E-state index in [1.54, 1.807) is 24.0 Å². The summed E-state index contributed by atoms with van der Waals surface area (Å²) in [6.45, 7) is 2.53. The number of likely N-dealkylation sites (tertiary alicyclic amines) is 1. The molecule has 1 heterocycles. The van der Waals surface area contributed by atoms with Crippen molar-refractivity contribution in [3.05, 3.63) is 34.9 Å². The number of halogens is 1. The van der Waals surface area contributed by atoms with Gasteiger partial charge < -0.3 is 10.0 Å². The first-order valence-electron chi connectivity index (χ1n) is 6.66. The standard InChI is InChI=1S/C15H18ClNO3/c1-15(14(19)20)8-9-17(10-15)13(18)7-4-11-2-5-12(16)6-3-11/h2-3,5-6H,4,7-10H2,1H3,(H,19,20)/t15-/m0/s1. The Hall–Kier alpha value is -1.55. The molecule has 4 nitrogen and oxygen atoms in total. The second-order valence-electron chi connectivity index (χ2n) is 5.56. The molecule has 0 bridgehead atoms. The first kappa shape index (κ1) is 14.9. The predicted molar refractivity (Wildman–Crippen MR) is 76.7 cm³/mol. The molecule has 1 atom stereocenters. The zero-order valence-electron chi connectivity index (χ0n) is 11.4. The molecule has 1 fully saturated rings. The number of carboxylic acids is 1. The van der Waals surface area contributed by atoms with Crippen LogP contribution in [0.25, 0.3) is 0 Å². The molecule has 1 aliphatic heterocycles. The van der Waals surface area contributed by atoms with Gasteiger partial charge in [-0.25, -0.2) is 0 Å². The number of aliphatic carboxylic acids is 1. The van der Waals surface area contributed by atoms with Gasteiger partial charge in [-0.1, -0.05) is 23.7 Å². The number of carboxylic acid groups (broad SMARTS) is 1. The predicted octanol–water partition coefficient (Wildman–Crippen LogP) is 2.60. The third-order valence-corrected chi connectivity index (χ3v) is 4.14. The summed E-state index contributed by atoms with van der Waals surface area (Å²) in [5.41, 5.74) is 0.263. The SMILES string of the molecule is C[C@]1(C(=O)O)CCN(C(=O)CCc2ccc(Cl)cc2)C1. The molecule has 0 saturated carbocycles. The van der Waals surface area contributed by atoms with Crippen molar-refractivity contribution in [1.82, 2.24) is 4.90 Å². The fourth-order valence-corrected chi connectivity index (χ4v) is 2.53. The van der Waals surface area contributed by atoms with E-state index in [0.29, 0.717) is 37.4 Å². The molecule has 1 N–H and O–H groups in total. The largest absolute Gasteiger partial charge is 0.481 e. The van der Waals surface area contributed by atoms with E-state index in [9.17, 15) is 9.59 Å². The lowest BCUT2D eigenvalue weighted by molar-refractivity contribution is -0.147. The molecular weight excluding hydrogens is 278 g/mol. The van der Waals surface area contributed by atoms with Crippen LogP contribution >= 0.6 is 11.6 Å². The lowest BCUT2D eigenvalue weighted by atomic mass is 9.90. The highest BCUT2D eigenvalue weighted by Crippen LogP contribution is 2.30. The minimum atomic E-state index is -0.828.